The van der Waals surface area contributed by atoms with Gasteiger partial charge in [0.2, 0.25) is 0 Å². The molecule has 9 heteroatoms. The molecule has 0 aromatic heterocycles. The minimum Gasteiger partial charge on any atom is -0.496 e. The first-order chi connectivity index (χ1) is 13.0. The fourth-order valence-electron chi connectivity index (χ4n) is 2.22. The summed E-state index contributed by atoms with van der Waals surface area (Å²) in [6, 6.07) is 9.05. The topological polar surface area (TPSA) is 80.9 Å². The van der Waals surface area contributed by atoms with Gasteiger partial charge in [-0.15, -0.1) is 0 Å². The largest absolute Gasteiger partial charge is 0.496 e. The fourth-order valence-corrected chi connectivity index (χ4v) is 2.34. The van der Waals surface area contributed by atoms with Crippen LogP contribution in [-0.2, 0) is 6.54 Å². The van der Waals surface area contributed by atoms with Crippen molar-refractivity contribution in [3.05, 3.63) is 53.3 Å². The second-order valence-corrected chi connectivity index (χ2v) is 5.70. The molecule has 0 spiro atoms. The van der Waals surface area contributed by atoms with Crippen molar-refractivity contribution in [2.45, 2.75) is 6.54 Å². The van der Waals surface area contributed by atoms with E-state index in [1.165, 1.54) is 39.5 Å². The van der Waals surface area contributed by atoms with E-state index in [1.807, 2.05) is 0 Å². The van der Waals surface area contributed by atoms with Crippen LogP contribution in [0.3, 0.4) is 0 Å². The number of amides is 1. The third-order valence-corrected chi connectivity index (χ3v) is 3.85. The summed E-state index contributed by atoms with van der Waals surface area (Å²) in [5.74, 6) is 0.363. The maximum absolute atomic E-state index is 12.9. The number of hydrogen-bond donors (Lipinski definition) is 3. The Labute approximate surface area is 161 Å². The summed E-state index contributed by atoms with van der Waals surface area (Å²) in [6.07, 6.45) is 0. The normalized spacial score (nSPS) is 9.93. The molecule has 0 aliphatic carbocycles. The summed E-state index contributed by atoms with van der Waals surface area (Å²) in [5.41, 5.74) is 6.16. The van der Waals surface area contributed by atoms with Gasteiger partial charge in [0, 0.05) is 18.7 Å². The standard InChI is InChI=1S/C18H20FN3O4S/c1-24-14-9-16(26-3)15(25-2)8-13(14)17(23)21-22-18(27)20-10-11-4-6-12(19)7-5-11/h4-9H,10H2,1-3H3,(H,21,23)(H2,20,22,27). The minimum absolute atomic E-state index is 0.201. The molecular weight excluding hydrogens is 373 g/mol. The van der Waals surface area contributed by atoms with Crippen molar-refractivity contribution in [3.63, 3.8) is 0 Å². The molecule has 0 bridgehead atoms. The molecule has 0 heterocycles. The summed E-state index contributed by atoms with van der Waals surface area (Å²) >= 11 is 5.11. The molecular formula is C18H20FN3O4S. The van der Waals surface area contributed by atoms with Crippen LogP contribution in [0, 0.1) is 5.82 Å². The number of methoxy groups -OCH3 is 3. The van der Waals surface area contributed by atoms with E-state index in [1.54, 1.807) is 18.2 Å². The summed E-state index contributed by atoms with van der Waals surface area (Å²) in [5, 5.41) is 3.10. The van der Waals surface area contributed by atoms with E-state index < -0.39 is 5.91 Å². The van der Waals surface area contributed by atoms with Gasteiger partial charge in [0.05, 0.1) is 26.9 Å². The number of carbonyl (C=O) groups is 1. The molecule has 0 radical (unpaired) electrons. The predicted octanol–water partition coefficient (Wildman–Crippen LogP) is 2.16. The molecule has 0 saturated carbocycles. The van der Waals surface area contributed by atoms with Gasteiger partial charge >= 0.3 is 0 Å². The van der Waals surface area contributed by atoms with Gasteiger partial charge in [-0.3, -0.25) is 15.6 Å². The first-order valence-electron chi connectivity index (χ1n) is 7.87. The van der Waals surface area contributed by atoms with E-state index in [0.29, 0.717) is 23.8 Å². The lowest BCUT2D eigenvalue weighted by atomic mass is 10.1. The zero-order chi connectivity index (χ0) is 19.8. The summed E-state index contributed by atoms with van der Waals surface area (Å²) in [4.78, 5) is 12.4. The zero-order valence-electron chi connectivity index (χ0n) is 15.1. The number of rotatable bonds is 6. The molecule has 1 amide bonds. The van der Waals surface area contributed by atoms with Gasteiger partial charge in [0.15, 0.2) is 16.6 Å². The van der Waals surface area contributed by atoms with Crippen LogP contribution in [0.15, 0.2) is 36.4 Å². The van der Waals surface area contributed by atoms with E-state index in [4.69, 9.17) is 26.4 Å². The van der Waals surface area contributed by atoms with E-state index in [9.17, 15) is 9.18 Å². The maximum atomic E-state index is 12.9. The maximum Gasteiger partial charge on any atom is 0.273 e. The number of hydrazine groups is 1. The molecule has 2 aromatic rings. The van der Waals surface area contributed by atoms with Crippen molar-refractivity contribution in [2.24, 2.45) is 0 Å². The van der Waals surface area contributed by atoms with Crippen molar-refractivity contribution >= 4 is 23.2 Å². The number of ether oxygens (including phenoxy) is 3. The second-order valence-electron chi connectivity index (χ2n) is 5.30. The van der Waals surface area contributed by atoms with Crippen LogP contribution < -0.4 is 30.4 Å². The average Bonchev–Trinajstić information content (AvgIpc) is 2.70. The minimum atomic E-state index is -0.473. The van der Waals surface area contributed by atoms with E-state index in [2.05, 4.69) is 16.2 Å². The number of carbonyl (C=O) groups excluding carboxylic acids is 1. The number of halogens is 1. The molecule has 27 heavy (non-hydrogen) atoms. The summed E-state index contributed by atoms with van der Waals surface area (Å²) < 4.78 is 28.5. The monoisotopic (exact) mass is 393 g/mol. The van der Waals surface area contributed by atoms with Gasteiger partial charge in [0.25, 0.3) is 5.91 Å². The molecule has 0 aliphatic heterocycles. The van der Waals surface area contributed by atoms with Crippen LogP contribution in [0.1, 0.15) is 15.9 Å². The second kappa shape index (κ2) is 9.58. The lowest BCUT2D eigenvalue weighted by molar-refractivity contribution is 0.0940. The van der Waals surface area contributed by atoms with Crippen molar-refractivity contribution in [1.29, 1.82) is 0 Å². The average molecular weight is 393 g/mol. The van der Waals surface area contributed by atoms with Crippen LogP contribution >= 0.6 is 12.2 Å². The first kappa shape index (κ1) is 20.2. The van der Waals surface area contributed by atoms with Gasteiger partial charge < -0.3 is 19.5 Å². The highest BCUT2D eigenvalue weighted by Crippen LogP contribution is 2.34. The van der Waals surface area contributed by atoms with Crippen LogP contribution in [0.2, 0.25) is 0 Å². The quantitative estimate of drug-likeness (QED) is 0.513. The Morgan fingerprint density at radius 1 is 0.963 bits per heavy atom. The Bertz CT molecular complexity index is 815. The van der Waals surface area contributed by atoms with Crippen molar-refractivity contribution in [3.8, 4) is 17.2 Å². The third-order valence-electron chi connectivity index (χ3n) is 3.61. The predicted molar refractivity (Wildman–Crippen MR) is 103 cm³/mol. The van der Waals surface area contributed by atoms with Gasteiger partial charge in [-0.2, -0.15) is 0 Å². The van der Waals surface area contributed by atoms with Crippen LogP contribution in [0.4, 0.5) is 4.39 Å². The molecule has 144 valence electrons. The van der Waals surface area contributed by atoms with Crippen molar-refractivity contribution in [2.75, 3.05) is 21.3 Å². The van der Waals surface area contributed by atoms with Gasteiger partial charge in [-0.1, -0.05) is 12.1 Å². The first-order valence-corrected chi connectivity index (χ1v) is 8.28. The zero-order valence-corrected chi connectivity index (χ0v) is 15.9. The third kappa shape index (κ3) is 5.45. The number of nitrogens with one attached hydrogen (secondary N) is 3. The van der Waals surface area contributed by atoms with Crippen LogP contribution in [-0.4, -0.2) is 32.3 Å². The van der Waals surface area contributed by atoms with Crippen LogP contribution in [0.5, 0.6) is 17.2 Å². The highest BCUT2D eigenvalue weighted by atomic mass is 32.1. The fraction of sp³-hybridized carbons (Fsp3) is 0.222. The molecule has 0 unspecified atom stereocenters. The van der Waals surface area contributed by atoms with Gasteiger partial charge in [-0.25, -0.2) is 4.39 Å². The summed E-state index contributed by atoms with van der Waals surface area (Å²) in [6.45, 7) is 0.377. The molecule has 2 aromatic carbocycles. The van der Waals surface area contributed by atoms with E-state index in [0.717, 1.165) is 5.56 Å². The van der Waals surface area contributed by atoms with Crippen molar-refractivity contribution in [1.82, 2.24) is 16.2 Å². The summed E-state index contributed by atoms with van der Waals surface area (Å²) in [7, 11) is 4.41. The Morgan fingerprint density at radius 3 is 2.15 bits per heavy atom. The lowest BCUT2D eigenvalue weighted by Gasteiger charge is -2.15. The van der Waals surface area contributed by atoms with Gasteiger partial charge in [0.1, 0.15) is 11.6 Å². The smallest absolute Gasteiger partial charge is 0.273 e. The van der Waals surface area contributed by atoms with E-state index >= 15 is 0 Å². The molecule has 3 N–H and O–H groups in total. The molecule has 0 saturated heterocycles. The molecule has 0 aliphatic rings. The molecule has 0 atom stereocenters. The van der Waals surface area contributed by atoms with Gasteiger partial charge in [-0.05, 0) is 29.9 Å². The molecule has 2 rings (SSSR count). The Kier molecular flexibility index (Phi) is 7.18. The Balaban J connectivity index is 1.96. The van der Waals surface area contributed by atoms with Crippen LogP contribution in [0.25, 0.3) is 0 Å². The highest BCUT2D eigenvalue weighted by Gasteiger charge is 2.17. The lowest BCUT2D eigenvalue weighted by Crippen LogP contribution is -2.46. The number of hydrogen-bond acceptors (Lipinski definition) is 5. The Hall–Kier alpha value is -3.07. The van der Waals surface area contributed by atoms with E-state index in [-0.39, 0.29) is 16.5 Å². The SMILES string of the molecule is COc1cc(OC)c(C(=O)NNC(=S)NCc2ccc(F)cc2)cc1OC. The number of benzene rings is 2. The highest BCUT2D eigenvalue weighted by molar-refractivity contribution is 7.80. The molecule has 0 fully saturated rings. The molecule has 7 nitrogen and oxygen atoms in total. The Morgan fingerprint density at radius 2 is 1.56 bits per heavy atom. The number of thiocarbonyl (C=S) groups is 1. The van der Waals surface area contributed by atoms with Crippen molar-refractivity contribution < 1.29 is 23.4 Å².